The fourth-order valence-corrected chi connectivity index (χ4v) is 4.25. The van der Waals surface area contributed by atoms with Crippen molar-refractivity contribution >= 4 is 11.8 Å². The third-order valence-corrected chi connectivity index (χ3v) is 5.50. The van der Waals surface area contributed by atoms with Gasteiger partial charge in [-0.2, -0.15) is 0 Å². The summed E-state index contributed by atoms with van der Waals surface area (Å²) in [6.07, 6.45) is 7.51. The lowest BCUT2D eigenvalue weighted by Gasteiger charge is -2.18. The van der Waals surface area contributed by atoms with E-state index in [9.17, 15) is 9.59 Å². The first-order valence-electron chi connectivity index (χ1n) is 8.29. The Balaban J connectivity index is 1.51. The van der Waals surface area contributed by atoms with Crippen LogP contribution in [0, 0.1) is 17.8 Å². The highest BCUT2D eigenvalue weighted by Crippen LogP contribution is 2.44. The van der Waals surface area contributed by atoms with E-state index in [0.717, 1.165) is 38.6 Å². The zero-order valence-corrected chi connectivity index (χ0v) is 12.4. The number of hydrogen-bond donors (Lipinski definition) is 1. The number of nitrogens with zero attached hydrogens (tertiary/aromatic N) is 1. The van der Waals surface area contributed by atoms with E-state index in [1.54, 1.807) is 4.90 Å². The maximum atomic E-state index is 12.4. The predicted octanol–water partition coefficient (Wildman–Crippen LogP) is 1.94. The number of fused-ring (bicyclic) bond motifs is 1. The average molecular weight is 278 g/mol. The van der Waals surface area contributed by atoms with E-state index >= 15 is 0 Å². The average Bonchev–Trinajstić information content (AvgIpc) is 3.14. The minimum absolute atomic E-state index is 0.0112. The van der Waals surface area contributed by atoms with Gasteiger partial charge in [0.15, 0.2) is 0 Å². The monoisotopic (exact) mass is 278 g/mol. The van der Waals surface area contributed by atoms with Crippen molar-refractivity contribution in [3.8, 4) is 0 Å². The minimum atomic E-state index is 0.0112. The van der Waals surface area contributed by atoms with Crippen molar-refractivity contribution in [3.05, 3.63) is 0 Å². The van der Waals surface area contributed by atoms with Gasteiger partial charge in [0.05, 0.1) is 11.8 Å². The first-order valence-corrected chi connectivity index (χ1v) is 8.29. The van der Waals surface area contributed by atoms with Gasteiger partial charge in [-0.3, -0.25) is 14.5 Å². The lowest BCUT2D eigenvalue weighted by Crippen LogP contribution is -2.34. The highest BCUT2D eigenvalue weighted by atomic mass is 16.2. The summed E-state index contributed by atoms with van der Waals surface area (Å²) in [6, 6.07) is 0.603. The van der Waals surface area contributed by atoms with Gasteiger partial charge in [0, 0.05) is 12.6 Å². The lowest BCUT2D eigenvalue weighted by molar-refractivity contribution is -0.140. The van der Waals surface area contributed by atoms with Crippen LogP contribution in [0.15, 0.2) is 0 Å². The molecule has 0 spiro atoms. The van der Waals surface area contributed by atoms with E-state index in [4.69, 9.17) is 0 Å². The number of likely N-dealkylation sites (tertiary alicyclic amines) is 1. The van der Waals surface area contributed by atoms with Crippen LogP contribution in [0.25, 0.3) is 0 Å². The summed E-state index contributed by atoms with van der Waals surface area (Å²) in [5.74, 6) is 0.850. The van der Waals surface area contributed by atoms with Crippen LogP contribution in [0.5, 0.6) is 0 Å². The molecular formula is C16H26N2O2. The second kappa shape index (κ2) is 5.84. The zero-order chi connectivity index (χ0) is 14.1. The first kappa shape index (κ1) is 14.1. The number of imide groups is 1. The number of amides is 2. The summed E-state index contributed by atoms with van der Waals surface area (Å²) in [5, 5.41) is 3.47. The standard InChI is InChI=1S/C16H26N2O2/c1-2-11-9-13-14(10-11)16(20)18(15(13)19)8-4-6-12-5-3-7-17-12/h11-14,17H,2-10H2,1H3. The van der Waals surface area contributed by atoms with Crippen LogP contribution in [0.2, 0.25) is 0 Å². The quantitative estimate of drug-likeness (QED) is 0.782. The largest absolute Gasteiger partial charge is 0.314 e. The van der Waals surface area contributed by atoms with Gasteiger partial charge < -0.3 is 5.32 Å². The molecule has 20 heavy (non-hydrogen) atoms. The molecule has 1 saturated carbocycles. The van der Waals surface area contributed by atoms with Crippen LogP contribution >= 0.6 is 0 Å². The molecule has 3 fully saturated rings. The van der Waals surface area contributed by atoms with Gasteiger partial charge in [-0.25, -0.2) is 0 Å². The van der Waals surface area contributed by atoms with E-state index in [2.05, 4.69) is 12.2 Å². The molecule has 2 amide bonds. The summed E-state index contributed by atoms with van der Waals surface area (Å²) in [5.41, 5.74) is 0. The molecule has 1 aliphatic carbocycles. The van der Waals surface area contributed by atoms with Crippen LogP contribution in [-0.2, 0) is 9.59 Å². The molecule has 0 bridgehead atoms. The Morgan fingerprint density at radius 2 is 1.90 bits per heavy atom. The van der Waals surface area contributed by atoms with E-state index in [0.29, 0.717) is 18.5 Å². The summed E-state index contributed by atoms with van der Waals surface area (Å²) in [7, 11) is 0. The van der Waals surface area contributed by atoms with Gasteiger partial charge in [0.1, 0.15) is 0 Å². The number of carbonyl (C=O) groups excluding carboxylic acids is 2. The molecule has 2 heterocycles. The number of hydrogen-bond acceptors (Lipinski definition) is 3. The molecule has 0 radical (unpaired) electrons. The van der Waals surface area contributed by atoms with Gasteiger partial charge in [-0.1, -0.05) is 13.3 Å². The second-order valence-corrected chi connectivity index (χ2v) is 6.72. The predicted molar refractivity (Wildman–Crippen MR) is 77.0 cm³/mol. The van der Waals surface area contributed by atoms with Crippen molar-refractivity contribution < 1.29 is 9.59 Å². The van der Waals surface area contributed by atoms with Gasteiger partial charge in [-0.05, 0) is 51.0 Å². The second-order valence-electron chi connectivity index (χ2n) is 6.72. The van der Waals surface area contributed by atoms with Crippen LogP contribution in [0.4, 0.5) is 0 Å². The molecule has 3 rings (SSSR count). The Morgan fingerprint density at radius 3 is 2.45 bits per heavy atom. The highest BCUT2D eigenvalue weighted by molar-refractivity contribution is 6.05. The molecule has 0 aromatic carbocycles. The van der Waals surface area contributed by atoms with Gasteiger partial charge >= 0.3 is 0 Å². The van der Waals surface area contributed by atoms with Crippen LogP contribution in [0.3, 0.4) is 0 Å². The molecule has 0 aromatic rings. The van der Waals surface area contributed by atoms with Crippen molar-refractivity contribution in [3.63, 3.8) is 0 Å². The van der Waals surface area contributed by atoms with Gasteiger partial charge in [-0.15, -0.1) is 0 Å². The Hall–Kier alpha value is -0.900. The molecule has 2 saturated heterocycles. The van der Waals surface area contributed by atoms with Crippen molar-refractivity contribution in [2.75, 3.05) is 13.1 Å². The molecule has 112 valence electrons. The van der Waals surface area contributed by atoms with Crippen molar-refractivity contribution in [1.29, 1.82) is 0 Å². The van der Waals surface area contributed by atoms with E-state index in [1.807, 2.05) is 0 Å². The maximum Gasteiger partial charge on any atom is 0.233 e. The van der Waals surface area contributed by atoms with Crippen molar-refractivity contribution in [2.45, 2.75) is 57.9 Å². The fourth-order valence-electron chi connectivity index (χ4n) is 4.25. The smallest absolute Gasteiger partial charge is 0.233 e. The Labute approximate surface area is 121 Å². The van der Waals surface area contributed by atoms with E-state index in [1.165, 1.54) is 12.8 Å². The maximum absolute atomic E-state index is 12.4. The Morgan fingerprint density at radius 1 is 1.20 bits per heavy atom. The highest BCUT2D eigenvalue weighted by Gasteiger charge is 2.51. The molecule has 4 nitrogen and oxygen atoms in total. The molecule has 2 aliphatic heterocycles. The van der Waals surface area contributed by atoms with Crippen LogP contribution < -0.4 is 5.32 Å². The molecule has 3 unspecified atom stereocenters. The van der Waals surface area contributed by atoms with Crippen molar-refractivity contribution in [1.82, 2.24) is 10.2 Å². The normalized spacial score (nSPS) is 37.0. The Kier molecular flexibility index (Phi) is 4.11. The Bertz CT molecular complexity index is 366. The summed E-state index contributed by atoms with van der Waals surface area (Å²) in [6.45, 7) is 3.92. The summed E-state index contributed by atoms with van der Waals surface area (Å²) < 4.78 is 0. The number of rotatable bonds is 5. The molecule has 3 atom stereocenters. The van der Waals surface area contributed by atoms with E-state index < -0.39 is 0 Å². The van der Waals surface area contributed by atoms with Gasteiger partial charge in [0.2, 0.25) is 11.8 Å². The van der Waals surface area contributed by atoms with Crippen LogP contribution in [-0.4, -0.2) is 35.8 Å². The molecule has 3 aliphatic rings. The topological polar surface area (TPSA) is 49.4 Å². The third-order valence-electron chi connectivity index (χ3n) is 5.50. The summed E-state index contributed by atoms with van der Waals surface area (Å²) >= 11 is 0. The molecular weight excluding hydrogens is 252 g/mol. The zero-order valence-electron chi connectivity index (χ0n) is 12.4. The molecule has 0 aromatic heterocycles. The van der Waals surface area contributed by atoms with Crippen LogP contribution in [0.1, 0.15) is 51.9 Å². The number of carbonyl (C=O) groups is 2. The van der Waals surface area contributed by atoms with E-state index in [-0.39, 0.29) is 23.7 Å². The molecule has 4 heteroatoms. The van der Waals surface area contributed by atoms with Gasteiger partial charge in [0.25, 0.3) is 0 Å². The SMILES string of the molecule is CCC1CC2C(=O)N(CCCC3CCCN3)C(=O)C2C1. The first-order chi connectivity index (χ1) is 9.70. The number of nitrogens with one attached hydrogen (secondary N) is 1. The fraction of sp³-hybridized carbons (Fsp3) is 0.875. The lowest BCUT2D eigenvalue weighted by atomic mass is 10.00. The van der Waals surface area contributed by atoms with Crippen molar-refractivity contribution in [2.24, 2.45) is 17.8 Å². The summed E-state index contributed by atoms with van der Waals surface area (Å²) in [4.78, 5) is 26.3. The minimum Gasteiger partial charge on any atom is -0.314 e. The molecule has 1 N–H and O–H groups in total. The third kappa shape index (κ3) is 2.50.